The van der Waals surface area contributed by atoms with E-state index >= 15 is 0 Å². The Balaban J connectivity index is 1.86. The number of rotatable bonds is 7. The van der Waals surface area contributed by atoms with Crippen LogP contribution in [0.1, 0.15) is 18.4 Å². The van der Waals surface area contributed by atoms with Crippen molar-refractivity contribution in [2.75, 3.05) is 7.11 Å². The topological polar surface area (TPSA) is 18.5 Å². The Hall–Kier alpha value is -1.74. The summed E-state index contributed by atoms with van der Waals surface area (Å²) < 4.78 is 12.0. The van der Waals surface area contributed by atoms with Gasteiger partial charge >= 0.3 is 0 Å². The van der Waals surface area contributed by atoms with Gasteiger partial charge in [-0.2, -0.15) is 0 Å². The van der Waals surface area contributed by atoms with E-state index in [0.717, 1.165) is 29.5 Å². The molecule has 0 bridgehead atoms. The Morgan fingerprint density at radius 3 is 2.57 bits per heavy atom. The van der Waals surface area contributed by atoms with E-state index in [4.69, 9.17) is 9.47 Å². The third-order valence-corrected chi connectivity index (χ3v) is 3.64. The standard InChI is InChI=1S/C18H19BrO2/c1-14(7-6-10-15-8-4-3-5-9-15)21-18-13-16(19)11-12-17(18)20-2/h3-5,8-9,11-13H,1,6-7,10H2,2H3. The summed E-state index contributed by atoms with van der Waals surface area (Å²) >= 11 is 3.43. The van der Waals surface area contributed by atoms with E-state index in [9.17, 15) is 0 Å². The molecule has 2 aromatic rings. The van der Waals surface area contributed by atoms with Crippen LogP contribution in [0.2, 0.25) is 0 Å². The van der Waals surface area contributed by atoms with Crippen molar-refractivity contribution in [3.8, 4) is 11.5 Å². The van der Waals surface area contributed by atoms with Gasteiger partial charge in [-0.25, -0.2) is 0 Å². The number of allylic oxidation sites excluding steroid dienone is 1. The van der Waals surface area contributed by atoms with Crippen molar-refractivity contribution in [1.29, 1.82) is 0 Å². The van der Waals surface area contributed by atoms with Crippen molar-refractivity contribution < 1.29 is 9.47 Å². The summed E-state index contributed by atoms with van der Waals surface area (Å²) in [5.41, 5.74) is 1.34. The first-order valence-corrected chi connectivity index (χ1v) is 7.71. The number of halogens is 1. The summed E-state index contributed by atoms with van der Waals surface area (Å²) in [4.78, 5) is 0. The second-order valence-electron chi connectivity index (χ2n) is 4.78. The predicted octanol–water partition coefficient (Wildman–Crippen LogP) is 5.37. The van der Waals surface area contributed by atoms with Crippen LogP contribution in [0.3, 0.4) is 0 Å². The third-order valence-electron chi connectivity index (χ3n) is 3.14. The Morgan fingerprint density at radius 2 is 1.86 bits per heavy atom. The van der Waals surface area contributed by atoms with Gasteiger partial charge < -0.3 is 9.47 Å². The second kappa shape index (κ2) is 7.89. The lowest BCUT2D eigenvalue weighted by molar-refractivity contribution is 0.351. The van der Waals surface area contributed by atoms with E-state index in [1.165, 1.54) is 5.56 Å². The Kier molecular flexibility index (Phi) is 5.88. The molecular formula is C18H19BrO2. The van der Waals surface area contributed by atoms with Crippen molar-refractivity contribution in [3.63, 3.8) is 0 Å². The molecule has 21 heavy (non-hydrogen) atoms. The molecule has 0 aliphatic carbocycles. The second-order valence-corrected chi connectivity index (χ2v) is 5.69. The first-order chi connectivity index (χ1) is 10.2. The van der Waals surface area contributed by atoms with Gasteiger partial charge in [-0.1, -0.05) is 52.8 Å². The van der Waals surface area contributed by atoms with Crippen molar-refractivity contribution in [1.82, 2.24) is 0 Å². The number of benzene rings is 2. The molecule has 110 valence electrons. The monoisotopic (exact) mass is 346 g/mol. The third kappa shape index (κ3) is 4.94. The molecule has 0 unspecified atom stereocenters. The van der Waals surface area contributed by atoms with Crippen LogP contribution in [0.5, 0.6) is 11.5 Å². The van der Waals surface area contributed by atoms with Crippen molar-refractivity contribution in [2.45, 2.75) is 19.3 Å². The molecule has 3 heteroatoms. The van der Waals surface area contributed by atoms with Crippen molar-refractivity contribution in [2.24, 2.45) is 0 Å². The lowest BCUT2D eigenvalue weighted by atomic mass is 10.1. The van der Waals surface area contributed by atoms with E-state index in [0.29, 0.717) is 11.5 Å². The fourth-order valence-electron chi connectivity index (χ4n) is 2.07. The first kappa shape index (κ1) is 15.6. The van der Waals surface area contributed by atoms with Gasteiger partial charge in [0, 0.05) is 10.9 Å². The van der Waals surface area contributed by atoms with Gasteiger partial charge in [0.2, 0.25) is 0 Å². The maximum absolute atomic E-state index is 5.81. The zero-order valence-corrected chi connectivity index (χ0v) is 13.7. The summed E-state index contributed by atoms with van der Waals surface area (Å²) in [5.74, 6) is 2.15. The van der Waals surface area contributed by atoms with Crippen molar-refractivity contribution in [3.05, 3.63) is 70.9 Å². The van der Waals surface area contributed by atoms with Crippen LogP contribution in [-0.2, 0) is 6.42 Å². The highest BCUT2D eigenvalue weighted by atomic mass is 79.9. The number of methoxy groups -OCH3 is 1. The molecule has 2 nitrogen and oxygen atoms in total. The van der Waals surface area contributed by atoms with Crippen molar-refractivity contribution >= 4 is 15.9 Å². The predicted molar refractivity (Wildman–Crippen MR) is 89.8 cm³/mol. The maximum Gasteiger partial charge on any atom is 0.169 e. The Labute approximate surface area is 134 Å². The summed E-state index contributed by atoms with van der Waals surface area (Å²) in [6.45, 7) is 3.99. The van der Waals surface area contributed by atoms with Gasteiger partial charge in [0.05, 0.1) is 12.9 Å². The number of ether oxygens (including phenoxy) is 2. The normalized spacial score (nSPS) is 10.2. The smallest absolute Gasteiger partial charge is 0.169 e. The zero-order valence-electron chi connectivity index (χ0n) is 12.1. The number of hydrogen-bond acceptors (Lipinski definition) is 2. The van der Waals surface area contributed by atoms with E-state index in [2.05, 4.69) is 46.8 Å². The molecule has 0 fully saturated rings. The minimum Gasteiger partial charge on any atom is -0.493 e. The average Bonchev–Trinajstić information content (AvgIpc) is 2.48. The Bertz CT molecular complexity index is 593. The van der Waals surface area contributed by atoms with E-state index in [-0.39, 0.29) is 0 Å². The lowest BCUT2D eigenvalue weighted by Crippen LogP contribution is -1.97. The quantitative estimate of drug-likeness (QED) is 0.627. The van der Waals surface area contributed by atoms with Gasteiger partial charge in [-0.05, 0) is 36.6 Å². The van der Waals surface area contributed by atoms with Crippen LogP contribution in [-0.4, -0.2) is 7.11 Å². The van der Waals surface area contributed by atoms with Gasteiger partial charge in [0.25, 0.3) is 0 Å². The fraction of sp³-hybridized carbons (Fsp3) is 0.222. The van der Waals surface area contributed by atoms with E-state index < -0.39 is 0 Å². The minimum atomic E-state index is 0.691. The highest BCUT2D eigenvalue weighted by Crippen LogP contribution is 2.32. The highest BCUT2D eigenvalue weighted by Gasteiger charge is 2.07. The van der Waals surface area contributed by atoms with Crippen LogP contribution >= 0.6 is 15.9 Å². The average molecular weight is 347 g/mol. The molecule has 0 aliphatic rings. The van der Waals surface area contributed by atoms with Crippen LogP contribution in [0.4, 0.5) is 0 Å². The van der Waals surface area contributed by atoms with Crippen LogP contribution in [0.25, 0.3) is 0 Å². The molecule has 0 radical (unpaired) electrons. The maximum atomic E-state index is 5.81. The molecule has 0 amide bonds. The summed E-state index contributed by atoms with van der Waals surface area (Å²) in [5, 5.41) is 0. The Morgan fingerprint density at radius 1 is 1.10 bits per heavy atom. The van der Waals surface area contributed by atoms with Gasteiger partial charge in [0.1, 0.15) is 0 Å². The molecule has 0 spiro atoms. The zero-order chi connectivity index (χ0) is 15.1. The molecule has 0 aliphatic heterocycles. The molecule has 0 saturated carbocycles. The molecule has 0 N–H and O–H groups in total. The van der Waals surface area contributed by atoms with Crippen LogP contribution in [0, 0.1) is 0 Å². The van der Waals surface area contributed by atoms with E-state index in [1.54, 1.807) is 7.11 Å². The fourth-order valence-corrected chi connectivity index (χ4v) is 2.41. The first-order valence-electron chi connectivity index (χ1n) is 6.92. The van der Waals surface area contributed by atoms with E-state index in [1.807, 2.05) is 24.3 Å². The molecule has 2 rings (SSSR count). The molecule has 0 saturated heterocycles. The minimum absolute atomic E-state index is 0.691. The summed E-state index contributed by atoms with van der Waals surface area (Å²) in [6.07, 6.45) is 2.86. The molecule has 0 aromatic heterocycles. The van der Waals surface area contributed by atoms with Gasteiger partial charge in [0.15, 0.2) is 11.5 Å². The van der Waals surface area contributed by atoms with Gasteiger partial charge in [-0.15, -0.1) is 0 Å². The lowest BCUT2D eigenvalue weighted by Gasteiger charge is -2.12. The van der Waals surface area contributed by atoms with Crippen LogP contribution in [0.15, 0.2) is 65.3 Å². The number of aryl methyl sites for hydroxylation is 1. The molecule has 0 heterocycles. The highest BCUT2D eigenvalue weighted by molar-refractivity contribution is 9.10. The largest absolute Gasteiger partial charge is 0.493 e. The van der Waals surface area contributed by atoms with Gasteiger partial charge in [-0.3, -0.25) is 0 Å². The number of hydrogen-bond donors (Lipinski definition) is 0. The molecule has 0 atom stereocenters. The molecule has 2 aromatic carbocycles. The SMILES string of the molecule is C=C(CCCc1ccccc1)Oc1cc(Br)ccc1OC. The summed E-state index contributed by atoms with van der Waals surface area (Å²) in [7, 11) is 1.63. The molecular weight excluding hydrogens is 328 g/mol. The van der Waals surface area contributed by atoms with Crippen LogP contribution < -0.4 is 9.47 Å². The summed E-state index contributed by atoms with van der Waals surface area (Å²) in [6, 6.07) is 16.1.